The largest absolute Gasteiger partial charge is 0.516 e. The second kappa shape index (κ2) is 9.54. The zero-order valence-corrected chi connectivity index (χ0v) is 19.9. The molecule has 2 aromatic carbocycles. The van der Waals surface area contributed by atoms with Crippen molar-refractivity contribution in [1.82, 2.24) is 0 Å². The number of benzene rings is 2. The maximum Gasteiger partial charge on any atom is 0.516 e. The van der Waals surface area contributed by atoms with Gasteiger partial charge in [0.25, 0.3) is 0 Å². The molecule has 0 aliphatic heterocycles. The first-order valence-corrected chi connectivity index (χ1v) is 11.3. The summed E-state index contributed by atoms with van der Waals surface area (Å²) in [5.41, 5.74) is -7.38. The van der Waals surface area contributed by atoms with E-state index in [1.54, 1.807) is 0 Å². The summed E-state index contributed by atoms with van der Waals surface area (Å²) < 4.78 is 75.1. The van der Waals surface area contributed by atoms with Gasteiger partial charge in [-0.3, -0.25) is 4.79 Å². The van der Waals surface area contributed by atoms with Crippen molar-refractivity contribution in [2.24, 2.45) is 5.41 Å². The van der Waals surface area contributed by atoms with Gasteiger partial charge in [0.15, 0.2) is 12.5 Å². The van der Waals surface area contributed by atoms with E-state index in [0.29, 0.717) is 0 Å². The van der Waals surface area contributed by atoms with Crippen LogP contribution in [0.1, 0.15) is 20.8 Å². The summed E-state index contributed by atoms with van der Waals surface area (Å²) >= 11 is 17.8. The lowest BCUT2D eigenvalue weighted by atomic mass is 9.98. The van der Waals surface area contributed by atoms with E-state index in [0.717, 1.165) is 18.2 Å². The highest BCUT2D eigenvalue weighted by Crippen LogP contribution is 2.41. The van der Waals surface area contributed by atoms with Crippen molar-refractivity contribution in [2.45, 2.75) is 26.3 Å². The first-order chi connectivity index (χ1) is 14.5. The fraction of sp³-hybridized carbons (Fsp3) is 0.316. The van der Waals surface area contributed by atoms with Gasteiger partial charge in [-0.15, -0.1) is 0 Å². The Morgan fingerprint density at radius 3 is 2.06 bits per heavy atom. The number of nitrogens with zero attached hydrogens (tertiary/aromatic N) is 1. The van der Waals surface area contributed by atoms with Crippen LogP contribution < -0.4 is 9.04 Å². The molecule has 2 rings (SSSR count). The van der Waals surface area contributed by atoms with Crippen molar-refractivity contribution < 1.29 is 35.9 Å². The molecule has 0 spiro atoms. The van der Waals surface area contributed by atoms with Crippen LogP contribution in [0.5, 0.6) is 11.5 Å². The van der Waals surface area contributed by atoms with Crippen LogP contribution >= 0.6 is 34.8 Å². The highest BCUT2D eigenvalue weighted by atomic mass is 35.5. The molecule has 32 heavy (non-hydrogen) atoms. The number of hydrogen-bond donors (Lipinski definition) is 0. The number of anilines is 1. The van der Waals surface area contributed by atoms with E-state index in [-0.39, 0.29) is 30.9 Å². The molecule has 176 valence electrons. The minimum Gasteiger partial charge on any atom is -0.454 e. The van der Waals surface area contributed by atoms with Crippen LogP contribution in [0, 0.1) is 5.41 Å². The van der Waals surface area contributed by atoms with Crippen LogP contribution in [0.25, 0.3) is 0 Å². The van der Waals surface area contributed by atoms with E-state index in [9.17, 15) is 26.4 Å². The van der Waals surface area contributed by atoms with Crippen LogP contribution in [0.2, 0.25) is 15.1 Å². The fourth-order valence-electron chi connectivity index (χ4n) is 2.18. The van der Waals surface area contributed by atoms with E-state index in [1.165, 1.54) is 39.0 Å². The molecule has 6 nitrogen and oxygen atoms in total. The first kappa shape index (κ1) is 26.4. The van der Waals surface area contributed by atoms with Gasteiger partial charge in [-0.2, -0.15) is 21.6 Å². The lowest BCUT2D eigenvalue weighted by molar-refractivity contribution is -0.152. The normalized spacial score (nSPS) is 12.4. The Balaban J connectivity index is 2.59. The van der Waals surface area contributed by atoms with Crippen LogP contribution in [0.4, 0.5) is 18.9 Å². The molecule has 0 unspecified atom stereocenters. The molecule has 0 radical (unpaired) electrons. The van der Waals surface area contributed by atoms with Gasteiger partial charge in [-0.25, -0.2) is 4.31 Å². The number of alkyl halides is 3. The van der Waals surface area contributed by atoms with Gasteiger partial charge in [0.1, 0.15) is 5.75 Å². The average molecular weight is 535 g/mol. The Morgan fingerprint density at radius 1 is 0.969 bits per heavy atom. The Kier molecular flexibility index (Phi) is 7.87. The van der Waals surface area contributed by atoms with Crippen molar-refractivity contribution in [3.8, 4) is 11.5 Å². The molecule has 13 heteroatoms. The number of rotatable bonds is 6. The topological polar surface area (TPSA) is 72.9 Å². The first-order valence-electron chi connectivity index (χ1n) is 8.72. The molecule has 0 atom stereocenters. The Hall–Kier alpha value is -1.88. The molecule has 0 amide bonds. The van der Waals surface area contributed by atoms with E-state index in [4.69, 9.17) is 44.3 Å². The van der Waals surface area contributed by atoms with Crippen molar-refractivity contribution in [3.63, 3.8) is 0 Å². The standard InChI is InChI=1S/C19H17Cl3F3NO5S/c1-18(2,3)17(27)30-10-26(32(28,29)19(23,24)25)14-6-4-12(21)9-16(14)31-15-7-5-11(20)8-13(15)22/h4-9H,10H2,1-3H3. The van der Waals surface area contributed by atoms with E-state index in [1.807, 2.05) is 0 Å². The zero-order valence-electron chi connectivity index (χ0n) is 16.8. The van der Waals surface area contributed by atoms with Crippen molar-refractivity contribution in [3.05, 3.63) is 51.5 Å². The van der Waals surface area contributed by atoms with E-state index in [2.05, 4.69) is 0 Å². The van der Waals surface area contributed by atoms with Gasteiger partial charge in [-0.05, 0) is 51.1 Å². The number of esters is 1. The number of sulfonamides is 1. The minimum atomic E-state index is -6.00. The van der Waals surface area contributed by atoms with Gasteiger partial charge in [0.05, 0.1) is 16.1 Å². The summed E-state index contributed by atoms with van der Waals surface area (Å²) in [6.45, 7) is 3.11. The molecule has 2 aromatic rings. The molecule has 0 aliphatic carbocycles. The van der Waals surface area contributed by atoms with Crippen molar-refractivity contribution in [1.29, 1.82) is 0 Å². The molecule has 0 fully saturated rings. The minimum absolute atomic E-state index is 0.00724. The highest BCUT2D eigenvalue weighted by Gasteiger charge is 2.51. The lowest BCUT2D eigenvalue weighted by Crippen LogP contribution is -2.43. The van der Waals surface area contributed by atoms with Crippen LogP contribution in [0.3, 0.4) is 0 Å². The molecule has 0 aliphatic rings. The summed E-state index contributed by atoms with van der Waals surface area (Å²) in [5, 5.41) is 0.307. The number of ether oxygens (including phenoxy) is 2. The third-order valence-electron chi connectivity index (χ3n) is 3.81. The SMILES string of the molecule is CC(C)(C)C(=O)OCN(c1ccc(Cl)cc1Oc1ccc(Cl)cc1Cl)S(=O)(=O)C(F)(F)F. The average Bonchev–Trinajstić information content (AvgIpc) is 2.63. The van der Waals surface area contributed by atoms with Crippen molar-refractivity contribution >= 4 is 56.5 Å². The maximum atomic E-state index is 13.4. The summed E-state index contributed by atoms with van der Waals surface area (Å²) in [6.07, 6.45) is 0. The molecule has 0 N–H and O–H groups in total. The molecule has 0 heterocycles. The number of carbonyl (C=O) groups excluding carboxylic acids is 1. The fourth-order valence-corrected chi connectivity index (χ4v) is 3.64. The maximum absolute atomic E-state index is 13.4. The number of halogens is 6. The summed E-state index contributed by atoms with van der Waals surface area (Å²) in [7, 11) is -6.00. The third kappa shape index (κ3) is 6.12. The predicted molar refractivity (Wildman–Crippen MR) is 116 cm³/mol. The van der Waals surface area contributed by atoms with Crippen LogP contribution in [0.15, 0.2) is 36.4 Å². The Morgan fingerprint density at radius 2 is 1.53 bits per heavy atom. The summed E-state index contributed by atoms with van der Waals surface area (Å²) in [4.78, 5) is 12.1. The Labute approximate surface area is 197 Å². The number of carbonyl (C=O) groups is 1. The molecule has 0 saturated heterocycles. The van der Waals surface area contributed by atoms with Gasteiger partial charge in [0, 0.05) is 16.1 Å². The third-order valence-corrected chi connectivity index (χ3v) is 6.05. The van der Waals surface area contributed by atoms with Crippen molar-refractivity contribution in [2.75, 3.05) is 11.0 Å². The molecular formula is C19H17Cl3F3NO5S. The van der Waals surface area contributed by atoms with Gasteiger partial charge in [-0.1, -0.05) is 34.8 Å². The predicted octanol–water partition coefficient (Wildman–Crippen LogP) is 6.64. The van der Waals surface area contributed by atoms with Gasteiger partial charge < -0.3 is 9.47 Å². The zero-order chi connectivity index (χ0) is 24.5. The lowest BCUT2D eigenvalue weighted by Gasteiger charge is -2.28. The second-order valence-corrected chi connectivity index (χ2v) is 10.5. The number of hydrogen-bond acceptors (Lipinski definition) is 5. The molecule has 0 bridgehead atoms. The van der Waals surface area contributed by atoms with E-state index < -0.39 is 39.3 Å². The summed E-state index contributed by atoms with van der Waals surface area (Å²) in [6, 6.07) is 7.28. The monoisotopic (exact) mass is 533 g/mol. The van der Waals surface area contributed by atoms with Crippen LogP contribution in [-0.4, -0.2) is 26.6 Å². The second-order valence-electron chi connectivity index (χ2n) is 7.40. The van der Waals surface area contributed by atoms with Gasteiger partial charge >= 0.3 is 21.5 Å². The van der Waals surface area contributed by atoms with Crippen LogP contribution in [-0.2, 0) is 19.6 Å². The van der Waals surface area contributed by atoms with E-state index >= 15 is 0 Å². The quantitative estimate of drug-likeness (QED) is 0.307. The smallest absolute Gasteiger partial charge is 0.454 e. The highest BCUT2D eigenvalue weighted by molar-refractivity contribution is 7.93. The van der Waals surface area contributed by atoms with Gasteiger partial charge in [0.2, 0.25) is 0 Å². The molecule has 0 saturated carbocycles. The molecular weight excluding hydrogens is 518 g/mol. The summed E-state index contributed by atoms with van der Waals surface area (Å²) in [5.74, 6) is -1.34. The molecule has 0 aromatic heterocycles. The Bertz CT molecular complexity index is 1120.